The Hall–Kier alpha value is -0.810. The van der Waals surface area contributed by atoms with Crippen LogP contribution in [0, 0.1) is 5.92 Å². The minimum Gasteiger partial charge on any atom is -0.304 e. The molecule has 0 bridgehead atoms. The van der Waals surface area contributed by atoms with Gasteiger partial charge < -0.3 is 5.32 Å². The maximum Gasteiger partial charge on any atom is 0.242 e. The standard InChI is InChI=1S/C15H19BrN2OS/c1-9(2)15(4)13(19)18-14(20-15)17-10(3)11-7-5-6-8-12(11)16/h5-10H,1-4H3,(H,17,18,19)/t10-,15?/m0/s1. The monoisotopic (exact) mass is 354 g/mol. The largest absolute Gasteiger partial charge is 0.304 e. The number of amidine groups is 1. The first-order chi connectivity index (χ1) is 9.34. The summed E-state index contributed by atoms with van der Waals surface area (Å²) in [6.07, 6.45) is 0. The van der Waals surface area contributed by atoms with E-state index < -0.39 is 4.75 Å². The van der Waals surface area contributed by atoms with E-state index in [0.29, 0.717) is 0 Å². The van der Waals surface area contributed by atoms with Crippen molar-refractivity contribution in [2.45, 2.75) is 38.5 Å². The quantitative estimate of drug-likeness (QED) is 0.885. The van der Waals surface area contributed by atoms with Crippen molar-refractivity contribution in [1.29, 1.82) is 0 Å². The van der Waals surface area contributed by atoms with Crippen molar-refractivity contribution >= 4 is 38.8 Å². The summed E-state index contributed by atoms with van der Waals surface area (Å²) in [5, 5.41) is 3.62. The molecule has 1 aliphatic rings. The third-order valence-electron chi connectivity index (χ3n) is 3.75. The molecule has 1 aliphatic heterocycles. The van der Waals surface area contributed by atoms with Crippen molar-refractivity contribution in [3.05, 3.63) is 34.3 Å². The molecule has 1 saturated heterocycles. The first-order valence-corrected chi connectivity index (χ1v) is 8.28. The van der Waals surface area contributed by atoms with Gasteiger partial charge in [0.1, 0.15) is 4.75 Å². The summed E-state index contributed by atoms with van der Waals surface area (Å²) in [6.45, 7) is 8.13. The summed E-state index contributed by atoms with van der Waals surface area (Å²) in [5.74, 6) is 0.314. The first kappa shape index (κ1) is 15.6. The highest BCUT2D eigenvalue weighted by molar-refractivity contribution is 9.10. The van der Waals surface area contributed by atoms with Gasteiger partial charge >= 0.3 is 0 Å². The van der Waals surface area contributed by atoms with Crippen LogP contribution in [0.3, 0.4) is 0 Å². The lowest BCUT2D eigenvalue weighted by Gasteiger charge is -2.22. The van der Waals surface area contributed by atoms with E-state index in [0.717, 1.165) is 15.2 Å². The zero-order valence-corrected chi connectivity index (χ0v) is 14.5. The predicted octanol–water partition coefficient (Wildman–Crippen LogP) is 4.14. The zero-order chi connectivity index (χ0) is 14.9. The number of benzene rings is 1. The van der Waals surface area contributed by atoms with Gasteiger partial charge in [0.05, 0.1) is 6.04 Å². The number of halogens is 1. The summed E-state index contributed by atoms with van der Waals surface area (Å²) >= 11 is 5.07. The molecule has 1 amide bonds. The molecule has 3 nitrogen and oxygen atoms in total. The SMILES string of the molecule is CC(C)C1(C)SC(=N[C@@H](C)c2ccccc2Br)NC1=O. The van der Waals surface area contributed by atoms with Gasteiger partial charge in [-0.2, -0.15) is 0 Å². The van der Waals surface area contributed by atoms with E-state index in [9.17, 15) is 4.79 Å². The second-order valence-electron chi connectivity index (χ2n) is 5.45. The van der Waals surface area contributed by atoms with Gasteiger partial charge in [0.25, 0.3) is 0 Å². The third-order valence-corrected chi connectivity index (χ3v) is 5.95. The van der Waals surface area contributed by atoms with E-state index in [4.69, 9.17) is 0 Å². The summed E-state index contributed by atoms with van der Waals surface area (Å²) in [4.78, 5) is 16.8. The zero-order valence-electron chi connectivity index (χ0n) is 12.1. The Kier molecular flexibility index (Phi) is 4.59. The van der Waals surface area contributed by atoms with E-state index >= 15 is 0 Å². The summed E-state index contributed by atoms with van der Waals surface area (Å²) < 4.78 is 0.615. The molecule has 0 saturated carbocycles. The Bertz CT molecular complexity index is 559. The van der Waals surface area contributed by atoms with Crippen LogP contribution in [0.4, 0.5) is 0 Å². The fourth-order valence-corrected chi connectivity index (χ4v) is 3.74. The molecule has 1 aromatic rings. The van der Waals surface area contributed by atoms with E-state index in [1.807, 2.05) is 38.1 Å². The second kappa shape index (κ2) is 5.90. The Morgan fingerprint density at radius 2 is 1.95 bits per heavy atom. The fourth-order valence-electron chi connectivity index (χ4n) is 1.99. The molecule has 2 atom stereocenters. The van der Waals surface area contributed by atoms with Crippen molar-refractivity contribution in [3.8, 4) is 0 Å². The molecule has 0 aromatic heterocycles. The molecule has 1 fully saturated rings. The van der Waals surface area contributed by atoms with Gasteiger partial charge in [0.2, 0.25) is 5.91 Å². The van der Waals surface area contributed by atoms with Crippen LogP contribution in [0.1, 0.15) is 39.3 Å². The van der Waals surface area contributed by atoms with Crippen molar-refractivity contribution in [2.75, 3.05) is 0 Å². The number of aliphatic imine (C=N–C) groups is 1. The molecule has 1 N–H and O–H groups in total. The third kappa shape index (κ3) is 2.93. The minimum absolute atomic E-state index is 0.00267. The molecular weight excluding hydrogens is 336 g/mol. The summed E-state index contributed by atoms with van der Waals surface area (Å²) in [5.41, 5.74) is 1.12. The molecule has 1 aromatic carbocycles. The lowest BCUT2D eigenvalue weighted by molar-refractivity contribution is -0.122. The Morgan fingerprint density at radius 3 is 2.50 bits per heavy atom. The highest BCUT2D eigenvalue weighted by Crippen LogP contribution is 2.39. The number of amides is 1. The van der Waals surface area contributed by atoms with Crippen molar-refractivity contribution < 1.29 is 4.79 Å². The van der Waals surface area contributed by atoms with Gasteiger partial charge in [0.15, 0.2) is 5.17 Å². The average Bonchev–Trinajstić information content (AvgIpc) is 2.66. The number of thioether (sulfide) groups is 1. The number of carbonyl (C=O) groups is 1. The molecule has 0 radical (unpaired) electrons. The Labute approximate surface area is 132 Å². The number of hydrogen-bond acceptors (Lipinski definition) is 3. The smallest absolute Gasteiger partial charge is 0.242 e. The van der Waals surface area contributed by atoms with Crippen LogP contribution < -0.4 is 5.32 Å². The van der Waals surface area contributed by atoms with Crippen LogP contribution >= 0.6 is 27.7 Å². The maximum atomic E-state index is 12.1. The van der Waals surface area contributed by atoms with Crippen LogP contribution in [0.25, 0.3) is 0 Å². The molecule has 0 aliphatic carbocycles. The lowest BCUT2D eigenvalue weighted by Crippen LogP contribution is -2.38. The highest BCUT2D eigenvalue weighted by Gasteiger charge is 2.45. The van der Waals surface area contributed by atoms with Crippen LogP contribution in [0.15, 0.2) is 33.7 Å². The van der Waals surface area contributed by atoms with E-state index in [1.165, 1.54) is 11.8 Å². The normalized spacial score (nSPS) is 26.1. The second-order valence-corrected chi connectivity index (χ2v) is 7.74. The molecule has 0 spiro atoms. The molecule has 1 unspecified atom stereocenters. The first-order valence-electron chi connectivity index (χ1n) is 6.67. The van der Waals surface area contributed by atoms with E-state index in [-0.39, 0.29) is 17.9 Å². The summed E-state index contributed by atoms with van der Waals surface area (Å²) in [7, 11) is 0. The molecule has 2 rings (SSSR count). The van der Waals surface area contributed by atoms with Gasteiger partial charge in [-0.1, -0.05) is 59.7 Å². The average molecular weight is 355 g/mol. The summed E-state index contributed by atoms with van der Waals surface area (Å²) in [6, 6.07) is 8.03. The molecule has 5 heteroatoms. The van der Waals surface area contributed by atoms with E-state index in [1.54, 1.807) is 0 Å². The number of carbonyl (C=O) groups excluding carboxylic acids is 1. The predicted molar refractivity (Wildman–Crippen MR) is 89.0 cm³/mol. The van der Waals surface area contributed by atoms with Gasteiger partial charge in [-0.15, -0.1) is 0 Å². The minimum atomic E-state index is -0.424. The lowest BCUT2D eigenvalue weighted by atomic mass is 9.96. The van der Waals surface area contributed by atoms with Gasteiger partial charge in [-0.05, 0) is 31.4 Å². The fraction of sp³-hybridized carbons (Fsp3) is 0.467. The number of nitrogens with zero attached hydrogens (tertiary/aromatic N) is 1. The highest BCUT2D eigenvalue weighted by atomic mass is 79.9. The molecular formula is C15H19BrN2OS. The van der Waals surface area contributed by atoms with Crippen molar-refractivity contribution in [2.24, 2.45) is 10.9 Å². The van der Waals surface area contributed by atoms with Crippen LogP contribution in [0.5, 0.6) is 0 Å². The number of nitrogens with one attached hydrogen (secondary N) is 1. The van der Waals surface area contributed by atoms with Crippen LogP contribution in [-0.2, 0) is 4.79 Å². The topological polar surface area (TPSA) is 41.5 Å². The van der Waals surface area contributed by atoms with E-state index in [2.05, 4.69) is 40.1 Å². The van der Waals surface area contributed by atoms with Crippen LogP contribution in [0.2, 0.25) is 0 Å². The Morgan fingerprint density at radius 1 is 1.30 bits per heavy atom. The maximum absolute atomic E-state index is 12.1. The molecule has 108 valence electrons. The number of rotatable bonds is 3. The van der Waals surface area contributed by atoms with Gasteiger partial charge in [-0.25, -0.2) is 0 Å². The molecule has 1 heterocycles. The van der Waals surface area contributed by atoms with Gasteiger partial charge in [-0.3, -0.25) is 9.79 Å². The van der Waals surface area contributed by atoms with Crippen molar-refractivity contribution in [3.63, 3.8) is 0 Å². The number of hydrogen-bond donors (Lipinski definition) is 1. The Balaban J connectivity index is 2.22. The molecule has 20 heavy (non-hydrogen) atoms. The van der Waals surface area contributed by atoms with Crippen molar-refractivity contribution in [1.82, 2.24) is 5.32 Å². The van der Waals surface area contributed by atoms with Gasteiger partial charge in [0, 0.05) is 4.47 Å². The van der Waals surface area contributed by atoms with Crippen LogP contribution in [-0.4, -0.2) is 15.8 Å².